The maximum atomic E-state index is 11.4. The van der Waals surface area contributed by atoms with Crippen molar-refractivity contribution in [2.24, 2.45) is 0 Å². The van der Waals surface area contributed by atoms with E-state index in [0.29, 0.717) is 10.2 Å². The van der Waals surface area contributed by atoms with Crippen LogP contribution in [-0.4, -0.2) is 20.9 Å². The second-order valence-electron chi connectivity index (χ2n) is 4.19. The first-order valence-corrected chi connectivity index (χ1v) is 6.97. The molecular weight excluding hydrogens is 308 g/mol. The van der Waals surface area contributed by atoms with E-state index in [9.17, 15) is 9.90 Å². The molecule has 19 heavy (non-hydrogen) atoms. The van der Waals surface area contributed by atoms with E-state index in [1.165, 1.54) is 0 Å². The Kier molecular flexibility index (Phi) is 4.04. The van der Waals surface area contributed by atoms with Crippen molar-refractivity contribution in [2.75, 3.05) is 0 Å². The number of benzene rings is 1. The lowest BCUT2D eigenvalue weighted by Gasteiger charge is -2.10. The standard InChI is InChI=1S/C14H15BrN2O2/c1-3-9-8-10(4-2)17(16-9)12-7-5-6-11(15)13(12)14(18)19/h5-8H,3-4H2,1-2H3,(H,18,19). The van der Waals surface area contributed by atoms with E-state index in [2.05, 4.69) is 21.0 Å². The van der Waals surface area contributed by atoms with Gasteiger partial charge in [-0.15, -0.1) is 0 Å². The summed E-state index contributed by atoms with van der Waals surface area (Å²) in [7, 11) is 0. The van der Waals surface area contributed by atoms with Gasteiger partial charge in [-0.2, -0.15) is 5.10 Å². The molecule has 1 heterocycles. The van der Waals surface area contributed by atoms with Crippen molar-refractivity contribution in [1.82, 2.24) is 9.78 Å². The van der Waals surface area contributed by atoms with Crippen LogP contribution < -0.4 is 0 Å². The topological polar surface area (TPSA) is 55.1 Å². The van der Waals surface area contributed by atoms with Crippen molar-refractivity contribution in [2.45, 2.75) is 26.7 Å². The maximum Gasteiger partial charge on any atom is 0.339 e. The highest BCUT2D eigenvalue weighted by atomic mass is 79.9. The van der Waals surface area contributed by atoms with E-state index in [1.54, 1.807) is 16.8 Å². The SMILES string of the molecule is CCc1cc(CC)n(-c2cccc(Br)c2C(=O)O)n1. The zero-order chi connectivity index (χ0) is 14.0. The molecule has 0 fully saturated rings. The Morgan fingerprint density at radius 3 is 2.68 bits per heavy atom. The molecule has 4 nitrogen and oxygen atoms in total. The van der Waals surface area contributed by atoms with E-state index in [4.69, 9.17) is 0 Å². The molecule has 0 bridgehead atoms. The number of aromatic carboxylic acids is 1. The predicted molar refractivity (Wildman–Crippen MR) is 77.0 cm³/mol. The molecule has 0 aliphatic rings. The number of aryl methyl sites for hydroxylation is 2. The Labute approximate surface area is 120 Å². The van der Waals surface area contributed by atoms with Crippen LogP contribution in [0.4, 0.5) is 0 Å². The molecule has 0 saturated carbocycles. The van der Waals surface area contributed by atoms with Crippen molar-refractivity contribution in [1.29, 1.82) is 0 Å². The van der Waals surface area contributed by atoms with Gasteiger partial charge in [-0.25, -0.2) is 9.48 Å². The van der Waals surface area contributed by atoms with Crippen LogP contribution in [0.15, 0.2) is 28.7 Å². The van der Waals surface area contributed by atoms with Crippen LogP contribution in [0.25, 0.3) is 5.69 Å². The molecule has 0 aliphatic heterocycles. The summed E-state index contributed by atoms with van der Waals surface area (Å²) in [4.78, 5) is 11.4. The average molecular weight is 323 g/mol. The summed E-state index contributed by atoms with van der Waals surface area (Å²) in [6.07, 6.45) is 1.63. The van der Waals surface area contributed by atoms with Gasteiger partial charge >= 0.3 is 5.97 Å². The molecule has 0 aliphatic carbocycles. The van der Waals surface area contributed by atoms with Gasteiger partial charge in [0.15, 0.2) is 0 Å². The molecule has 100 valence electrons. The number of carbonyl (C=O) groups is 1. The Morgan fingerprint density at radius 1 is 1.37 bits per heavy atom. The summed E-state index contributed by atoms with van der Waals surface area (Å²) in [5.41, 5.74) is 2.81. The third-order valence-corrected chi connectivity index (χ3v) is 3.65. The van der Waals surface area contributed by atoms with Crippen molar-refractivity contribution in [3.05, 3.63) is 45.7 Å². The summed E-state index contributed by atoms with van der Waals surface area (Å²) in [6, 6.07) is 7.34. The van der Waals surface area contributed by atoms with Crippen LogP contribution in [0.3, 0.4) is 0 Å². The molecule has 2 rings (SSSR count). The normalized spacial score (nSPS) is 10.7. The van der Waals surface area contributed by atoms with Crippen molar-refractivity contribution >= 4 is 21.9 Å². The largest absolute Gasteiger partial charge is 0.478 e. The molecule has 2 aromatic rings. The number of carboxylic acid groups (broad SMARTS) is 1. The molecule has 0 amide bonds. The maximum absolute atomic E-state index is 11.4. The number of nitrogens with zero attached hydrogens (tertiary/aromatic N) is 2. The number of hydrogen-bond acceptors (Lipinski definition) is 2. The second kappa shape index (κ2) is 5.57. The third kappa shape index (κ3) is 2.56. The summed E-state index contributed by atoms with van der Waals surface area (Å²) < 4.78 is 2.29. The molecule has 0 atom stereocenters. The van der Waals surface area contributed by atoms with Gasteiger partial charge in [-0.05, 0) is 47.0 Å². The highest BCUT2D eigenvalue weighted by molar-refractivity contribution is 9.10. The summed E-state index contributed by atoms with van der Waals surface area (Å²) in [6.45, 7) is 4.07. The van der Waals surface area contributed by atoms with Crippen LogP contribution in [0, 0.1) is 0 Å². The molecule has 0 saturated heterocycles. The Morgan fingerprint density at radius 2 is 2.11 bits per heavy atom. The summed E-state index contributed by atoms with van der Waals surface area (Å²) >= 11 is 3.29. The third-order valence-electron chi connectivity index (χ3n) is 2.99. The van der Waals surface area contributed by atoms with E-state index in [-0.39, 0.29) is 5.56 Å². The first-order chi connectivity index (χ1) is 9.08. The van der Waals surface area contributed by atoms with E-state index in [0.717, 1.165) is 24.2 Å². The Bertz CT molecular complexity index is 620. The molecule has 0 radical (unpaired) electrons. The lowest BCUT2D eigenvalue weighted by Crippen LogP contribution is -2.09. The zero-order valence-corrected chi connectivity index (χ0v) is 12.4. The van der Waals surface area contributed by atoms with Gasteiger partial charge in [0.25, 0.3) is 0 Å². The fraction of sp³-hybridized carbons (Fsp3) is 0.286. The summed E-state index contributed by atoms with van der Waals surface area (Å²) in [5, 5.41) is 13.9. The van der Waals surface area contributed by atoms with Crippen molar-refractivity contribution < 1.29 is 9.90 Å². The highest BCUT2D eigenvalue weighted by Gasteiger charge is 2.18. The minimum Gasteiger partial charge on any atom is -0.478 e. The average Bonchev–Trinajstić information content (AvgIpc) is 2.81. The first-order valence-electron chi connectivity index (χ1n) is 6.18. The fourth-order valence-corrected chi connectivity index (χ4v) is 2.53. The van der Waals surface area contributed by atoms with E-state index < -0.39 is 5.97 Å². The van der Waals surface area contributed by atoms with Crippen LogP contribution >= 0.6 is 15.9 Å². The predicted octanol–water partition coefficient (Wildman–Crippen LogP) is 3.46. The molecular formula is C14H15BrN2O2. The molecule has 1 aromatic carbocycles. The van der Waals surface area contributed by atoms with Crippen LogP contribution in [-0.2, 0) is 12.8 Å². The van der Waals surface area contributed by atoms with Gasteiger partial charge in [0.05, 0.1) is 16.9 Å². The van der Waals surface area contributed by atoms with Gasteiger partial charge < -0.3 is 5.11 Å². The minimum atomic E-state index is -0.960. The van der Waals surface area contributed by atoms with Crippen molar-refractivity contribution in [3.8, 4) is 5.69 Å². The Hall–Kier alpha value is -1.62. The van der Waals surface area contributed by atoms with Crippen molar-refractivity contribution in [3.63, 3.8) is 0 Å². The van der Waals surface area contributed by atoms with E-state index in [1.807, 2.05) is 26.0 Å². The number of rotatable bonds is 4. The van der Waals surface area contributed by atoms with Gasteiger partial charge in [0.2, 0.25) is 0 Å². The van der Waals surface area contributed by atoms with Crippen LogP contribution in [0.1, 0.15) is 35.6 Å². The molecule has 5 heteroatoms. The monoisotopic (exact) mass is 322 g/mol. The van der Waals surface area contributed by atoms with Gasteiger partial charge in [0, 0.05) is 10.2 Å². The minimum absolute atomic E-state index is 0.239. The highest BCUT2D eigenvalue weighted by Crippen LogP contribution is 2.25. The lowest BCUT2D eigenvalue weighted by molar-refractivity contribution is 0.0695. The lowest BCUT2D eigenvalue weighted by atomic mass is 10.1. The molecule has 0 spiro atoms. The second-order valence-corrected chi connectivity index (χ2v) is 5.04. The quantitative estimate of drug-likeness (QED) is 0.937. The van der Waals surface area contributed by atoms with Crippen LogP contribution in [0.5, 0.6) is 0 Å². The number of hydrogen-bond donors (Lipinski definition) is 1. The first kappa shape index (κ1) is 13.8. The Balaban J connectivity index is 2.68. The molecule has 0 unspecified atom stereocenters. The molecule has 1 N–H and O–H groups in total. The summed E-state index contributed by atoms with van der Waals surface area (Å²) in [5.74, 6) is -0.960. The zero-order valence-electron chi connectivity index (χ0n) is 10.9. The van der Waals surface area contributed by atoms with Gasteiger partial charge in [-0.3, -0.25) is 0 Å². The molecule has 1 aromatic heterocycles. The van der Waals surface area contributed by atoms with Gasteiger partial charge in [0.1, 0.15) is 0 Å². The van der Waals surface area contributed by atoms with E-state index >= 15 is 0 Å². The number of halogens is 1. The number of carboxylic acids is 1. The van der Waals surface area contributed by atoms with Crippen LogP contribution in [0.2, 0.25) is 0 Å². The van der Waals surface area contributed by atoms with Gasteiger partial charge in [-0.1, -0.05) is 19.9 Å². The smallest absolute Gasteiger partial charge is 0.339 e. The fourth-order valence-electron chi connectivity index (χ4n) is 2.01. The number of aromatic nitrogens is 2.